The molecule has 1 amide bonds. The van der Waals surface area contributed by atoms with Crippen molar-refractivity contribution in [2.24, 2.45) is 11.7 Å². The van der Waals surface area contributed by atoms with Gasteiger partial charge in [-0.25, -0.2) is 0 Å². The van der Waals surface area contributed by atoms with Gasteiger partial charge in [-0.1, -0.05) is 32.9 Å². The molecule has 4 nitrogen and oxygen atoms in total. The van der Waals surface area contributed by atoms with E-state index in [1.54, 1.807) is 0 Å². The summed E-state index contributed by atoms with van der Waals surface area (Å²) >= 11 is 0. The van der Waals surface area contributed by atoms with E-state index in [1.807, 2.05) is 31.2 Å². The standard InChI is InChI=1S/C20H35N3O/c1-7-23(16(4)5)13-17-8-10-18(11-9-17)19(24)22-20(6,14-21)12-15(2)3/h8-11,15-16H,7,12-14,21H2,1-6H3,(H,22,24). The van der Waals surface area contributed by atoms with Crippen LogP contribution in [-0.4, -0.2) is 35.5 Å². The van der Waals surface area contributed by atoms with Gasteiger partial charge in [0.1, 0.15) is 0 Å². The third kappa shape index (κ3) is 6.25. The average molecular weight is 334 g/mol. The SMILES string of the molecule is CCN(Cc1ccc(C(=O)NC(C)(CN)CC(C)C)cc1)C(C)C. The number of nitrogens with one attached hydrogen (secondary N) is 1. The number of benzene rings is 1. The molecule has 1 aromatic rings. The summed E-state index contributed by atoms with van der Waals surface area (Å²) in [6, 6.07) is 8.42. The van der Waals surface area contributed by atoms with Gasteiger partial charge in [-0.05, 0) is 57.4 Å². The van der Waals surface area contributed by atoms with Gasteiger partial charge in [0.15, 0.2) is 0 Å². The van der Waals surface area contributed by atoms with Crippen molar-refractivity contribution in [3.05, 3.63) is 35.4 Å². The van der Waals surface area contributed by atoms with Crippen molar-refractivity contribution in [1.82, 2.24) is 10.2 Å². The van der Waals surface area contributed by atoms with E-state index in [1.165, 1.54) is 5.56 Å². The monoisotopic (exact) mass is 333 g/mol. The molecule has 24 heavy (non-hydrogen) atoms. The predicted octanol–water partition coefficient (Wildman–Crippen LogP) is 3.41. The Bertz CT molecular complexity index is 510. The third-order valence-corrected chi connectivity index (χ3v) is 4.46. The van der Waals surface area contributed by atoms with Gasteiger partial charge in [0.2, 0.25) is 0 Å². The Labute approximate surface area is 147 Å². The molecule has 0 heterocycles. The molecule has 0 spiro atoms. The first-order valence-corrected chi connectivity index (χ1v) is 9.06. The summed E-state index contributed by atoms with van der Waals surface area (Å²) in [5, 5.41) is 3.11. The Kier molecular flexibility index (Phi) is 7.91. The first-order chi connectivity index (χ1) is 11.2. The van der Waals surface area contributed by atoms with E-state index < -0.39 is 0 Å². The van der Waals surface area contributed by atoms with E-state index in [4.69, 9.17) is 5.73 Å². The van der Waals surface area contributed by atoms with Crippen LogP contribution in [0.2, 0.25) is 0 Å². The van der Waals surface area contributed by atoms with E-state index in [0.717, 1.165) is 19.5 Å². The normalized spacial score (nSPS) is 14.2. The molecule has 0 fully saturated rings. The lowest BCUT2D eigenvalue weighted by Gasteiger charge is -2.31. The van der Waals surface area contributed by atoms with E-state index in [-0.39, 0.29) is 11.4 Å². The molecule has 0 aliphatic heterocycles. The highest BCUT2D eigenvalue weighted by Gasteiger charge is 2.26. The fraction of sp³-hybridized carbons (Fsp3) is 0.650. The van der Waals surface area contributed by atoms with Gasteiger partial charge in [0.05, 0.1) is 0 Å². The topological polar surface area (TPSA) is 58.4 Å². The van der Waals surface area contributed by atoms with Crippen LogP contribution in [0.5, 0.6) is 0 Å². The molecular formula is C20H35N3O. The van der Waals surface area contributed by atoms with Crippen molar-refractivity contribution in [2.45, 2.75) is 66.1 Å². The van der Waals surface area contributed by atoms with Crippen LogP contribution in [0.25, 0.3) is 0 Å². The molecule has 3 N–H and O–H groups in total. The molecule has 1 rings (SSSR count). The lowest BCUT2D eigenvalue weighted by molar-refractivity contribution is 0.0898. The summed E-state index contributed by atoms with van der Waals surface area (Å²) in [5.74, 6) is 0.434. The Morgan fingerprint density at radius 1 is 1.21 bits per heavy atom. The predicted molar refractivity (Wildman–Crippen MR) is 102 cm³/mol. The Balaban J connectivity index is 2.76. The number of carbonyl (C=O) groups is 1. The summed E-state index contributed by atoms with van der Waals surface area (Å²) in [6.45, 7) is 15.2. The second kappa shape index (κ2) is 9.19. The zero-order valence-corrected chi connectivity index (χ0v) is 16.2. The van der Waals surface area contributed by atoms with Crippen LogP contribution in [0.4, 0.5) is 0 Å². The number of carbonyl (C=O) groups excluding carboxylic acids is 1. The van der Waals surface area contributed by atoms with Gasteiger partial charge in [-0.15, -0.1) is 0 Å². The lowest BCUT2D eigenvalue weighted by atomic mass is 9.90. The first kappa shape index (κ1) is 20.7. The molecule has 0 aromatic heterocycles. The van der Waals surface area contributed by atoms with Gasteiger partial charge in [0, 0.05) is 30.2 Å². The van der Waals surface area contributed by atoms with Crippen molar-refractivity contribution in [2.75, 3.05) is 13.1 Å². The molecular weight excluding hydrogens is 298 g/mol. The van der Waals surface area contributed by atoms with Crippen molar-refractivity contribution in [3.63, 3.8) is 0 Å². The van der Waals surface area contributed by atoms with Crippen LogP contribution in [0, 0.1) is 5.92 Å². The molecule has 1 atom stereocenters. The summed E-state index contributed by atoms with van der Waals surface area (Å²) in [7, 11) is 0. The van der Waals surface area contributed by atoms with Gasteiger partial charge in [0.25, 0.3) is 5.91 Å². The van der Waals surface area contributed by atoms with E-state index in [2.05, 4.69) is 44.8 Å². The summed E-state index contributed by atoms with van der Waals surface area (Å²) in [5.41, 5.74) is 7.44. The van der Waals surface area contributed by atoms with Crippen molar-refractivity contribution >= 4 is 5.91 Å². The quantitative estimate of drug-likeness (QED) is 0.728. The Hall–Kier alpha value is -1.39. The Morgan fingerprint density at radius 3 is 2.21 bits per heavy atom. The maximum atomic E-state index is 12.5. The van der Waals surface area contributed by atoms with Crippen LogP contribution in [0.15, 0.2) is 24.3 Å². The summed E-state index contributed by atoms with van der Waals surface area (Å²) < 4.78 is 0. The van der Waals surface area contributed by atoms with E-state index in [9.17, 15) is 4.79 Å². The molecule has 1 unspecified atom stereocenters. The minimum absolute atomic E-state index is 0.0497. The van der Waals surface area contributed by atoms with E-state index in [0.29, 0.717) is 24.1 Å². The van der Waals surface area contributed by atoms with Crippen LogP contribution < -0.4 is 11.1 Å². The van der Waals surface area contributed by atoms with Crippen molar-refractivity contribution in [3.8, 4) is 0 Å². The first-order valence-electron chi connectivity index (χ1n) is 9.06. The molecule has 4 heteroatoms. The third-order valence-electron chi connectivity index (χ3n) is 4.46. The Morgan fingerprint density at radius 2 is 1.79 bits per heavy atom. The lowest BCUT2D eigenvalue weighted by Crippen LogP contribution is -2.52. The van der Waals surface area contributed by atoms with Crippen LogP contribution >= 0.6 is 0 Å². The minimum Gasteiger partial charge on any atom is -0.346 e. The van der Waals surface area contributed by atoms with Crippen LogP contribution in [-0.2, 0) is 6.54 Å². The highest BCUT2D eigenvalue weighted by molar-refractivity contribution is 5.94. The molecule has 0 saturated carbocycles. The van der Waals surface area contributed by atoms with Gasteiger partial charge >= 0.3 is 0 Å². The maximum absolute atomic E-state index is 12.5. The molecule has 0 aliphatic carbocycles. The minimum atomic E-state index is -0.361. The van der Waals surface area contributed by atoms with E-state index >= 15 is 0 Å². The van der Waals surface area contributed by atoms with Gasteiger partial charge in [-0.3, -0.25) is 9.69 Å². The smallest absolute Gasteiger partial charge is 0.251 e. The van der Waals surface area contributed by atoms with Crippen molar-refractivity contribution < 1.29 is 4.79 Å². The molecule has 0 bridgehead atoms. The molecule has 1 aromatic carbocycles. The highest BCUT2D eigenvalue weighted by atomic mass is 16.1. The number of nitrogens with zero attached hydrogens (tertiary/aromatic N) is 1. The average Bonchev–Trinajstić information content (AvgIpc) is 2.51. The zero-order valence-electron chi connectivity index (χ0n) is 16.2. The molecule has 0 aliphatic rings. The number of hydrogen-bond donors (Lipinski definition) is 2. The van der Waals surface area contributed by atoms with Crippen LogP contribution in [0.1, 0.15) is 63.9 Å². The summed E-state index contributed by atoms with van der Waals surface area (Å²) in [4.78, 5) is 14.9. The largest absolute Gasteiger partial charge is 0.346 e. The highest BCUT2D eigenvalue weighted by Crippen LogP contribution is 2.17. The maximum Gasteiger partial charge on any atom is 0.251 e. The second-order valence-corrected chi connectivity index (χ2v) is 7.67. The number of amides is 1. The van der Waals surface area contributed by atoms with Gasteiger partial charge < -0.3 is 11.1 Å². The molecule has 136 valence electrons. The van der Waals surface area contributed by atoms with Crippen molar-refractivity contribution in [1.29, 1.82) is 0 Å². The number of rotatable bonds is 9. The molecule has 0 radical (unpaired) electrons. The van der Waals surface area contributed by atoms with Gasteiger partial charge in [-0.2, -0.15) is 0 Å². The number of hydrogen-bond acceptors (Lipinski definition) is 3. The number of nitrogens with two attached hydrogens (primary N) is 1. The zero-order chi connectivity index (χ0) is 18.3. The fourth-order valence-corrected chi connectivity index (χ4v) is 3.09. The molecule has 0 saturated heterocycles. The second-order valence-electron chi connectivity index (χ2n) is 7.67. The van der Waals surface area contributed by atoms with Crippen LogP contribution in [0.3, 0.4) is 0 Å². The summed E-state index contributed by atoms with van der Waals surface area (Å²) in [6.07, 6.45) is 0.868. The fourth-order valence-electron chi connectivity index (χ4n) is 3.09.